The number of hydrogen-bond acceptors (Lipinski definition) is 4. The molecule has 0 radical (unpaired) electrons. The molecule has 2 N–H and O–H groups in total. The van der Waals surface area contributed by atoms with Crippen LogP contribution < -0.4 is 20.1 Å². The van der Waals surface area contributed by atoms with Crippen molar-refractivity contribution in [3.8, 4) is 11.5 Å². The van der Waals surface area contributed by atoms with Crippen LogP contribution in [0.3, 0.4) is 0 Å². The Bertz CT molecular complexity index is 1060. The van der Waals surface area contributed by atoms with Crippen LogP contribution in [0.2, 0.25) is 5.02 Å². The van der Waals surface area contributed by atoms with Gasteiger partial charge in [0.2, 0.25) is 0 Å². The fourth-order valence-electron chi connectivity index (χ4n) is 3.08. The number of nitrogens with one attached hydrogen (secondary N) is 2. The molecular formula is C25H26BrClN2O3. The Labute approximate surface area is 202 Å². The standard InChI is InChI=1S/C25H26BrClN2O3/c1-3-31-23-13-18(14-28-15-19-6-4-5-7-22(19)27)12-21(26)25(23)32-16-24(30)29-20-10-8-17(2)9-11-20/h4-13,28H,3,14-16H2,1-2H3,(H,29,30). The molecule has 0 aliphatic rings. The average molecular weight is 518 g/mol. The highest BCUT2D eigenvalue weighted by Gasteiger charge is 2.14. The minimum absolute atomic E-state index is 0.128. The molecule has 0 spiro atoms. The van der Waals surface area contributed by atoms with E-state index in [9.17, 15) is 4.79 Å². The number of amides is 1. The zero-order valence-corrected chi connectivity index (χ0v) is 20.4. The van der Waals surface area contributed by atoms with Crippen molar-refractivity contribution >= 4 is 39.1 Å². The number of ether oxygens (including phenoxy) is 2. The Kier molecular flexibility index (Phi) is 8.97. The molecule has 3 aromatic rings. The van der Waals surface area contributed by atoms with Crippen LogP contribution in [0.1, 0.15) is 23.6 Å². The second-order valence-corrected chi connectivity index (χ2v) is 8.50. The molecular weight excluding hydrogens is 492 g/mol. The molecule has 7 heteroatoms. The van der Waals surface area contributed by atoms with E-state index in [0.29, 0.717) is 31.2 Å². The first-order chi connectivity index (χ1) is 15.5. The van der Waals surface area contributed by atoms with E-state index < -0.39 is 0 Å². The van der Waals surface area contributed by atoms with Gasteiger partial charge >= 0.3 is 0 Å². The van der Waals surface area contributed by atoms with Crippen molar-refractivity contribution < 1.29 is 14.3 Å². The lowest BCUT2D eigenvalue weighted by Gasteiger charge is -2.16. The van der Waals surface area contributed by atoms with Gasteiger partial charge in [-0.25, -0.2) is 0 Å². The van der Waals surface area contributed by atoms with E-state index in [-0.39, 0.29) is 12.5 Å². The number of benzene rings is 3. The van der Waals surface area contributed by atoms with Crippen molar-refractivity contribution in [1.82, 2.24) is 5.32 Å². The fraction of sp³-hybridized carbons (Fsp3) is 0.240. The molecule has 0 aliphatic carbocycles. The second-order valence-electron chi connectivity index (χ2n) is 7.24. The lowest BCUT2D eigenvalue weighted by molar-refractivity contribution is -0.118. The van der Waals surface area contributed by atoms with E-state index in [0.717, 1.165) is 31.9 Å². The smallest absolute Gasteiger partial charge is 0.262 e. The monoisotopic (exact) mass is 516 g/mol. The summed E-state index contributed by atoms with van der Waals surface area (Å²) in [5, 5.41) is 6.96. The number of aryl methyl sites for hydroxylation is 1. The number of anilines is 1. The van der Waals surface area contributed by atoms with Gasteiger partial charge in [-0.2, -0.15) is 0 Å². The predicted octanol–water partition coefficient (Wildman–Crippen LogP) is 6.12. The third kappa shape index (κ3) is 6.99. The first kappa shape index (κ1) is 24.1. The molecule has 0 heterocycles. The number of carbonyl (C=O) groups excluding carboxylic acids is 1. The molecule has 168 valence electrons. The summed E-state index contributed by atoms with van der Waals surface area (Å²) < 4.78 is 12.3. The van der Waals surface area contributed by atoms with Crippen LogP contribution in [0, 0.1) is 6.92 Å². The molecule has 3 aromatic carbocycles. The Morgan fingerprint density at radius 1 is 1.03 bits per heavy atom. The number of halogens is 2. The maximum absolute atomic E-state index is 12.3. The van der Waals surface area contributed by atoms with Gasteiger partial charge in [0, 0.05) is 23.8 Å². The van der Waals surface area contributed by atoms with Crippen LogP contribution in [-0.2, 0) is 17.9 Å². The third-order valence-corrected chi connectivity index (χ3v) is 5.61. The summed E-state index contributed by atoms with van der Waals surface area (Å²) >= 11 is 9.78. The quantitative estimate of drug-likeness (QED) is 0.340. The van der Waals surface area contributed by atoms with Crippen molar-refractivity contribution in [3.05, 3.63) is 86.8 Å². The Morgan fingerprint density at radius 2 is 1.78 bits per heavy atom. The van der Waals surface area contributed by atoms with E-state index in [2.05, 4.69) is 26.6 Å². The van der Waals surface area contributed by atoms with Crippen molar-refractivity contribution in [3.63, 3.8) is 0 Å². The predicted molar refractivity (Wildman–Crippen MR) is 133 cm³/mol. The summed E-state index contributed by atoms with van der Waals surface area (Å²) in [5.74, 6) is 0.842. The maximum atomic E-state index is 12.3. The van der Waals surface area contributed by atoms with Gasteiger partial charge in [0.15, 0.2) is 18.1 Å². The Balaban J connectivity index is 1.62. The summed E-state index contributed by atoms with van der Waals surface area (Å²) in [7, 11) is 0. The second kappa shape index (κ2) is 11.9. The average Bonchev–Trinajstić information content (AvgIpc) is 2.76. The van der Waals surface area contributed by atoms with Crippen LogP contribution in [0.15, 0.2) is 65.1 Å². The SMILES string of the molecule is CCOc1cc(CNCc2ccccc2Cl)cc(Br)c1OCC(=O)Nc1ccc(C)cc1. The lowest BCUT2D eigenvalue weighted by Crippen LogP contribution is -2.20. The highest BCUT2D eigenvalue weighted by Crippen LogP contribution is 2.37. The number of carbonyl (C=O) groups is 1. The summed E-state index contributed by atoms with van der Waals surface area (Å²) in [6.07, 6.45) is 0. The molecule has 32 heavy (non-hydrogen) atoms. The highest BCUT2D eigenvalue weighted by molar-refractivity contribution is 9.10. The van der Waals surface area contributed by atoms with Crippen molar-refractivity contribution in [1.29, 1.82) is 0 Å². The van der Waals surface area contributed by atoms with Crippen molar-refractivity contribution in [2.24, 2.45) is 0 Å². The van der Waals surface area contributed by atoms with Gasteiger partial charge in [0.25, 0.3) is 5.91 Å². The summed E-state index contributed by atoms with van der Waals surface area (Å²) in [5.41, 5.74) is 3.92. The Hall–Kier alpha value is -2.54. The third-order valence-electron chi connectivity index (χ3n) is 4.65. The minimum Gasteiger partial charge on any atom is -0.490 e. The maximum Gasteiger partial charge on any atom is 0.262 e. The van der Waals surface area contributed by atoms with Gasteiger partial charge in [-0.15, -0.1) is 0 Å². The Morgan fingerprint density at radius 3 is 2.50 bits per heavy atom. The van der Waals surface area contributed by atoms with Gasteiger partial charge in [-0.1, -0.05) is 47.5 Å². The molecule has 0 aliphatic heterocycles. The van der Waals surface area contributed by atoms with E-state index in [1.807, 2.05) is 74.5 Å². The molecule has 0 saturated heterocycles. The molecule has 0 saturated carbocycles. The first-order valence-electron chi connectivity index (χ1n) is 10.3. The van der Waals surface area contributed by atoms with E-state index in [1.165, 1.54) is 0 Å². The topological polar surface area (TPSA) is 59.6 Å². The van der Waals surface area contributed by atoms with Crippen LogP contribution >= 0.6 is 27.5 Å². The zero-order valence-electron chi connectivity index (χ0n) is 18.1. The van der Waals surface area contributed by atoms with Gasteiger partial charge in [-0.3, -0.25) is 4.79 Å². The van der Waals surface area contributed by atoms with Crippen LogP contribution in [0.4, 0.5) is 5.69 Å². The highest BCUT2D eigenvalue weighted by atomic mass is 79.9. The molecule has 5 nitrogen and oxygen atoms in total. The van der Waals surface area contributed by atoms with Gasteiger partial charge in [0.05, 0.1) is 11.1 Å². The molecule has 1 amide bonds. The van der Waals surface area contributed by atoms with Gasteiger partial charge in [-0.05, 0) is 71.2 Å². The molecule has 3 rings (SSSR count). The molecule has 0 fully saturated rings. The summed E-state index contributed by atoms with van der Waals surface area (Å²) in [6.45, 7) is 5.53. The van der Waals surface area contributed by atoms with E-state index in [1.54, 1.807) is 0 Å². The molecule has 0 unspecified atom stereocenters. The number of hydrogen-bond donors (Lipinski definition) is 2. The summed E-state index contributed by atoms with van der Waals surface area (Å²) in [6, 6.07) is 19.2. The van der Waals surface area contributed by atoms with Crippen molar-refractivity contribution in [2.45, 2.75) is 26.9 Å². The normalized spacial score (nSPS) is 10.6. The molecule has 0 atom stereocenters. The van der Waals surface area contributed by atoms with Crippen LogP contribution in [0.25, 0.3) is 0 Å². The van der Waals surface area contributed by atoms with E-state index in [4.69, 9.17) is 21.1 Å². The van der Waals surface area contributed by atoms with Crippen LogP contribution in [-0.4, -0.2) is 19.1 Å². The molecule has 0 bridgehead atoms. The first-order valence-corrected chi connectivity index (χ1v) is 11.5. The van der Waals surface area contributed by atoms with Crippen LogP contribution in [0.5, 0.6) is 11.5 Å². The van der Waals surface area contributed by atoms with Crippen molar-refractivity contribution in [2.75, 3.05) is 18.5 Å². The molecule has 0 aromatic heterocycles. The lowest BCUT2D eigenvalue weighted by atomic mass is 10.2. The summed E-state index contributed by atoms with van der Waals surface area (Å²) in [4.78, 5) is 12.3. The van der Waals surface area contributed by atoms with E-state index >= 15 is 0 Å². The largest absolute Gasteiger partial charge is 0.490 e. The minimum atomic E-state index is -0.242. The van der Waals surface area contributed by atoms with Gasteiger partial charge in [0.1, 0.15) is 0 Å². The van der Waals surface area contributed by atoms with Gasteiger partial charge < -0.3 is 20.1 Å². The zero-order chi connectivity index (χ0) is 22.9. The number of rotatable bonds is 10. The fourth-order valence-corrected chi connectivity index (χ4v) is 3.89.